The molecule has 1 atom stereocenters. The smallest absolute Gasteiger partial charge is 0.135 e. The molecule has 160 valence electrons. The van der Waals surface area contributed by atoms with Crippen molar-refractivity contribution < 1.29 is 4.74 Å². The fourth-order valence-corrected chi connectivity index (χ4v) is 7.24. The van der Waals surface area contributed by atoms with E-state index in [4.69, 9.17) is 4.74 Å². The molecule has 0 radical (unpaired) electrons. The van der Waals surface area contributed by atoms with Gasteiger partial charge in [0.15, 0.2) is 0 Å². The molecule has 0 aliphatic rings. The van der Waals surface area contributed by atoms with Crippen molar-refractivity contribution in [3.8, 4) is 11.5 Å². The van der Waals surface area contributed by atoms with Gasteiger partial charge in [-0.3, -0.25) is 0 Å². The Kier molecular flexibility index (Phi) is 6.93. The molecule has 0 spiro atoms. The Hall–Kier alpha value is -3.24. The van der Waals surface area contributed by atoms with E-state index in [2.05, 4.69) is 133 Å². The van der Waals surface area contributed by atoms with E-state index in [1.54, 1.807) is 0 Å². The molecule has 5 rings (SSSR count). The van der Waals surface area contributed by atoms with Crippen molar-refractivity contribution in [1.82, 2.24) is 0 Å². The van der Waals surface area contributed by atoms with Gasteiger partial charge in [-0.2, -0.15) is 0 Å². The molecular formula is C30H24OP2. The van der Waals surface area contributed by atoms with Crippen LogP contribution in [0.25, 0.3) is 0 Å². The van der Waals surface area contributed by atoms with Crippen LogP contribution in [0.4, 0.5) is 0 Å². The summed E-state index contributed by atoms with van der Waals surface area (Å²) in [6.07, 6.45) is 0. The van der Waals surface area contributed by atoms with Crippen LogP contribution < -0.4 is 31.3 Å². The van der Waals surface area contributed by atoms with E-state index >= 15 is 0 Å². The van der Waals surface area contributed by atoms with Gasteiger partial charge in [-0.05, 0) is 36.0 Å². The van der Waals surface area contributed by atoms with Crippen molar-refractivity contribution in [3.05, 3.63) is 140 Å². The minimum atomic E-state index is -0.743. The molecule has 0 aliphatic carbocycles. The second kappa shape index (κ2) is 10.6. The van der Waals surface area contributed by atoms with E-state index in [0.717, 1.165) is 11.5 Å². The maximum atomic E-state index is 6.66. The SMILES string of the molecule is c1ccc(Pc2ccccc2Oc2ccccc2P(c2ccccc2)c2ccccc2)cc1. The zero-order valence-corrected chi connectivity index (χ0v) is 20.0. The van der Waals surface area contributed by atoms with Crippen LogP contribution in [-0.2, 0) is 0 Å². The summed E-state index contributed by atoms with van der Waals surface area (Å²) in [4.78, 5) is 0. The van der Waals surface area contributed by atoms with Crippen LogP contribution in [0.2, 0.25) is 0 Å². The molecule has 1 nitrogen and oxygen atoms in total. The zero-order valence-electron chi connectivity index (χ0n) is 18.1. The highest BCUT2D eigenvalue weighted by Crippen LogP contribution is 2.37. The summed E-state index contributed by atoms with van der Waals surface area (Å²) in [7, 11) is -0.199. The minimum absolute atomic E-state index is 0.545. The first kappa shape index (κ1) is 21.6. The van der Waals surface area contributed by atoms with Gasteiger partial charge in [0.2, 0.25) is 0 Å². The zero-order chi connectivity index (χ0) is 22.3. The van der Waals surface area contributed by atoms with Crippen molar-refractivity contribution in [1.29, 1.82) is 0 Å². The van der Waals surface area contributed by atoms with Gasteiger partial charge in [0, 0.05) is 10.6 Å². The predicted molar refractivity (Wildman–Crippen MR) is 146 cm³/mol. The summed E-state index contributed by atoms with van der Waals surface area (Å²) in [6.45, 7) is 0. The highest BCUT2D eigenvalue weighted by atomic mass is 31.1. The van der Waals surface area contributed by atoms with Crippen molar-refractivity contribution in [2.24, 2.45) is 0 Å². The topological polar surface area (TPSA) is 9.23 Å². The number of benzene rings is 5. The van der Waals surface area contributed by atoms with Gasteiger partial charge < -0.3 is 4.74 Å². The third-order valence-electron chi connectivity index (χ3n) is 5.29. The van der Waals surface area contributed by atoms with E-state index in [9.17, 15) is 0 Å². The number of para-hydroxylation sites is 2. The minimum Gasteiger partial charge on any atom is -0.456 e. The van der Waals surface area contributed by atoms with Gasteiger partial charge in [-0.1, -0.05) is 136 Å². The fraction of sp³-hybridized carbons (Fsp3) is 0. The maximum Gasteiger partial charge on any atom is 0.135 e. The Morgan fingerprint density at radius 2 is 0.939 bits per heavy atom. The van der Waals surface area contributed by atoms with Crippen LogP contribution in [0, 0.1) is 0 Å². The Bertz CT molecular complexity index is 1270. The Morgan fingerprint density at radius 3 is 1.58 bits per heavy atom. The molecule has 0 N–H and O–H groups in total. The first-order chi connectivity index (χ1) is 16.4. The van der Waals surface area contributed by atoms with Crippen molar-refractivity contribution in [2.45, 2.75) is 0 Å². The predicted octanol–water partition coefficient (Wildman–Crippen LogP) is 5.87. The van der Waals surface area contributed by atoms with Crippen LogP contribution in [-0.4, -0.2) is 0 Å². The van der Waals surface area contributed by atoms with E-state index in [1.165, 1.54) is 26.5 Å². The summed E-state index contributed by atoms with van der Waals surface area (Å²) in [5.74, 6) is 1.84. The molecule has 0 aromatic heterocycles. The van der Waals surface area contributed by atoms with Crippen LogP contribution >= 0.6 is 16.5 Å². The Balaban J connectivity index is 1.55. The summed E-state index contributed by atoms with van der Waals surface area (Å²) < 4.78 is 6.66. The molecule has 0 saturated carbocycles. The molecule has 0 aliphatic heterocycles. The van der Waals surface area contributed by atoms with Gasteiger partial charge in [-0.15, -0.1) is 0 Å². The highest BCUT2D eigenvalue weighted by Gasteiger charge is 2.20. The number of rotatable bonds is 7. The molecule has 0 amide bonds. The van der Waals surface area contributed by atoms with Gasteiger partial charge >= 0.3 is 0 Å². The first-order valence-corrected chi connectivity index (χ1v) is 13.3. The average Bonchev–Trinajstić information content (AvgIpc) is 2.88. The van der Waals surface area contributed by atoms with Gasteiger partial charge in [-0.25, -0.2) is 0 Å². The third kappa shape index (κ3) is 5.23. The van der Waals surface area contributed by atoms with Crippen molar-refractivity contribution >= 4 is 43.0 Å². The molecule has 5 aromatic carbocycles. The third-order valence-corrected chi connectivity index (χ3v) is 9.08. The van der Waals surface area contributed by atoms with Gasteiger partial charge in [0.25, 0.3) is 0 Å². The quantitative estimate of drug-likeness (QED) is 0.275. The van der Waals surface area contributed by atoms with Crippen molar-refractivity contribution in [2.75, 3.05) is 0 Å². The normalized spacial score (nSPS) is 11.2. The van der Waals surface area contributed by atoms with Crippen molar-refractivity contribution in [3.63, 3.8) is 0 Å². The van der Waals surface area contributed by atoms with E-state index in [1.807, 2.05) is 6.07 Å². The molecular weight excluding hydrogens is 438 g/mol. The number of hydrogen-bond donors (Lipinski definition) is 0. The second-order valence-corrected chi connectivity index (χ2v) is 11.1. The van der Waals surface area contributed by atoms with Crippen LogP contribution in [0.5, 0.6) is 11.5 Å². The van der Waals surface area contributed by atoms with Crippen LogP contribution in [0.1, 0.15) is 0 Å². The maximum absolute atomic E-state index is 6.66. The van der Waals surface area contributed by atoms with E-state index in [0.29, 0.717) is 8.58 Å². The van der Waals surface area contributed by atoms with E-state index in [-0.39, 0.29) is 0 Å². The first-order valence-electron chi connectivity index (χ1n) is 11.0. The van der Waals surface area contributed by atoms with E-state index < -0.39 is 7.92 Å². The number of ether oxygens (including phenoxy) is 1. The summed E-state index contributed by atoms with van der Waals surface area (Å²) in [6, 6.07) is 49.0. The summed E-state index contributed by atoms with van der Waals surface area (Å²) >= 11 is 0. The Morgan fingerprint density at radius 1 is 0.455 bits per heavy atom. The average molecular weight is 462 g/mol. The molecule has 0 saturated heterocycles. The molecule has 0 heterocycles. The second-order valence-electron chi connectivity index (χ2n) is 7.56. The monoisotopic (exact) mass is 462 g/mol. The lowest BCUT2D eigenvalue weighted by Crippen LogP contribution is -2.22. The summed E-state index contributed by atoms with van der Waals surface area (Å²) in [5.41, 5.74) is 0. The Labute approximate surface area is 198 Å². The molecule has 33 heavy (non-hydrogen) atoms. The molecule has 3 heteroatoms. The largest absolute Gasteiger partial charge is 0.456 e. The molecule has 0 fully saturated rings. The lowest BCUT2D eigenvalue weighted by Gasteiger charge is -2.22. The van der Waals surface area contributed by atoms with Crippen LogP contribution in [0.15, 0.2) is 140 Å². The van der Waals surface area contributed by atoms with Gasteiger partial charge in [0.05, 0.1) is 0 Å². The fourth-order valence-electron chi connectivity index (χ4n) is 3.76. The standard InChI is InChI=1S/C30H24OP2/c1-4-14-24(15-5-1)32-29-22-12-10-20-27(29)31-28-21-11-13-23-30(28)33(25-16-6-2-7-17-25)26-18-8-3-9-19-26/h1-23,32H. The molecule has 1 unspecified atom stereocenters. The van der Waals surface area contributed by atoms with Crippen LogP contribution in [0.3, 0.4) is 0 Å². The molecule has 0 bridgehead atoms. The lowest BCUT2D eigenvalue weighted by molar-refractivity contribution is 0.491. The van der Waals surface area contributed by atoms with Gasteiger partial charge in [0.1, 0.15) is 11.5 Å². The molecule has 5 aromatic rings. The lowest BCUT2D eigenvalue weighted by atomic mass is 10.3. The summed E-state index contributed by atoms with van der Waals surface area (Å²) in [5, 5.41) is 6.37. The highest BCUT2D eigenvalue weighted by molar-refractivity contribution is 7.80. The number of hydrogen-bond acceptors (Lipinski definition) is 1.